The topological polar surface area (TPSA) is 58.4 Å². The zero-order chi connectivity index (χ0) is 18.1. The number of amides is 1. The second kappa shape index (κ2) is 7.21. The Morgan fingerprint density at radius 2 is 2.08 bits per heavy atom. The molecule has 2 aromatic heterocycles. The monoisotopic (exact) mass is 369 g/mol. The molecule has 136 valence electrons. The number of piperidine rings is 1. The summed E-state index contributed by atoms with van der Waals surface area (Å²) in [6, 6.07) is 10.5. The molecule has 1 fully saturated rings. The van der Waals surface area contributed by atoms with Gasteiger partial charge in [0.15, 0.2) is 0 Å². The maximum Gasteiger partial charge on any atom is 0.273 e. The molecule has 1 saturated heterocycles. The second-order valence-electron chi connectivity index (χ2n) is 6.80. The Morgan fingerprint density at radius 1 is 1.31 bits per heavy atom. The molecule has 5 nitrogen and oxygen atoms in total. The van der Waals surface area contributed by atoms with Gasteiger partial charge < -0.3 is 14.6 Å². The van der Waals surface area contributed by atoms with Crippen molar-refractivity contribution in [3.8, 4) is 10.7 Å². The highest BCUT2D eigenvalue weighted by Gasteiger charge is 2.24. The van der Waals surface area contributed by atoms with E-state index in [0.717, 1.165) is 23.7 Å². The second-order valence-corrected chi connectivity index (χ2v) is 7.66. The van der Waals surface area contributed by atoms with Crippen molar-refractivity contribution in [3.05, 3.63) is 41.4 Å². The van der Waals surface area contributed by atoms with Crippen molar-refractivity contribution in [2.24, 2.45) is 0 Å². The Morgan fingerprint density at radius 3 is 2.85 bits per heavy atom. The lowest BCUT2D eigenvalue weighted by Gasteiger charge is -2.28. The minimum absolute atomic E-state index is 0.0300. The van der Waals surface area contributed by atoms with Gasteiger partial charge in [0.05, 0.1) is 11.8 Å². The number of aliphatic hydroxyl groups is 1. The van der Waals surface area contributed by atoms with E-state index in [0.29, 0.717) is 31.6 Å². The van der Waals surface area contributed by atoms with Gasteiger partial charge >= 0.3 is 0 Å². The Labute approximate surface area is 156 Å². The fourth-order valence-corrected chi connectivity index (χ4v) is 4.39. The molecule has 1 N–H and O–H groups in total. The molecule has 0 bridgehead atoms. The van der Waals surface area contributed by atoms with Crippen molar-refractivity contribution in [3.63, 3.8) is 0 Å². The lowest BCUT2D eigenvalue weighted by Crippen LogP contribution is -2.40. The smallest absolute Gasteiger partial charge is 0.273 e. The molecule has 26 heavy (non-hydrogen) atoms. The van der Waals surface area contributed by atoms with Gasteiger partial charge in [-0.05, 0) is 31.4 Å². The molecule has 1 aromatic carbocycles. The van der Waals surface area contributed by atoms with Crippen molar-refractivity contribution in [2.75, 3.05) is 13.1 Å². The summed E-state index contributed by atoms with van der Waals surface area (Å²) >= 11 is 1.52. The lowest BCUT2D eigenvalue weighted by atomic mass is 10.1. The number of hydrogen-bond acceptors (Lipinski definition) is 4. The summed E-state index contributed by atoms with van der Waals surface area (Å²) < 4.78 is 2.29. The van der Waals surface area contributed by atoms with E-state index in [2.05, 4.69) is 40.7 Å². The summed E-state index contributed by atoms with van der Waals surface area (Å²) in [6.45, 7) is 4.29. The highest BCUT2D eigenvalue weighted by molar-refractivity contribution is 7.13. The Bertz CT molecular complexity index is 922. The molecule has 0 unspecified atom stereocenters. The number of aromatic nitrogens is 2. The van der Waals surface area contributed by atoms with Crippen molar-refractivity contribution in [1.82, 2.24) is 14.5 Å². The van der Waals surface area contributed by atoms with E-state index in [1.807, 2.05) is 11.4 Å². The zero-order valence-electron chi connectivity index (χ0n) is 14.9. The normalized spacial score (nSPS) is 15.7. The zero-order valence-corrected chi connectivity index (χ0v) is 15.7. The third-order valence-corrected chi connectivity index (χ3v) is 5.82. The average Bonchev–Trinajstić information content (AvgIpc) is 3.27. The van der Waals surface area contributed by atoms with E-state index in [9.17, 15) is 9.90 Å². The van der Waals surface area contributed by atoms with Gasteiger partial charge in [-0.1, -0.05) is 25.1 Å². The third-order valence-electron chi connectivity index (χ3n) is 4.95. The summed E-state index contributed by atoms with van der Waals surface area (Å²) in [7, 11) is 0. The molecular weight excluding hydrogens is 346 g/mol. The van der Waals surface area contributed by atoms with Crippen molar-refractivity contribution in [1.29, 1.82) is 0 Å². The van der Waals surface area contributed by atoms with Crippen LogP contribution in [0.4, 0.5) is 0 Å². The number of nitrogens with zero attached hydrogens (tertiary/aromatic N) is 3. The molecule has 3 aromatic rings. The molecule has 0 radical (unpaired) electrons. The van der Waals surface area contributed by atoms with Crippen LogP contribution in [-0.4, -0.2) is 44.7 Å². The molecule has 1 amide bonds. The van der Waals surface area contributed by atoms with E-state index in [1.165, 1.54) is 22.2 Å². The van der Waals surface area contributed by atoms with E-state index < -0.39 is 0 Å². The number of fused-ring (bicyclic) bond motifs is 1. The highest BCUT2D eigenvalue weighted by Crippen LogP contribution is 2.31. The van der Waals surface area contributed by atoms with E-state index in [-0.39, 0.29) is 12.0 Å². The number of para-hydroxylation sites is 1. The van der Waals surface area contributed by atoms with Gasteiger partial charge in [-0.15, -0.1) is 11.3 Å². The maximum absolute atomic E-state index is 12.7. The van der Waals surface area contributed by atoms with Gasteiger partial charge in [0.2, 0.25) is 0 Å². The highest BCUT2D eigenvalue weighted by atomic mass is 32.1. The number of rotatable bonds is 4. The number of hydrogen-bond donors (Lipinski definition) is 1. The predicted molar refractivity (Wildman–Crippen MR) is 104 cm³/mol. The number of thiazole rings is 1. The van der Waals surface area contributed by atoms with E-state index in [1.54, 1.807) is 4.90 Å². The molecule has 0 aliphatic carbocycles. The molecular formula is C20H23N3O2S. The Hall–Kier alpha value is -2.18. The first-order valence-electron chi connectivity index (χ1n) is 9.19. The summed E-state index contributed by atoms with van der Waals surface area (Å²) in [6.07, 6.45) is 2.05. The lowest BCUT2D eigenvalue weighted by molar-refractivity contribution is 0.0542. The van der Waals surface area contributed by atoms with Crippen LogP contribution >= 0.6 is 11.3 Å². The fraction of sp³-hybridized carbons (Fsp3) is 0.400. The first-order chi connectivity index (χ1) is 12.7. The van der Waals surface area contributed by atoms with Crippen LogP contribution in [0, 0.1) is 0 Å². The number of benzene rings is 1. The number of carbonyl (C=O) groups excluding carboxylic acids is 1. The number of aryl methyl sites for hydroxylation is 1. The van der Waals surface area contributed by atoms with Gasteiger partial charge in [-0.25, -0.2) is 4.98 Å². The van der Waals surface area contributed by atoms with Crippen molar-refractivity contribution in [2.45, 2.75) is 38.8 Å². The van der Waals surface area contributed by atoms with Gasteiger partial charge in [0.25, 0.3) is 5.91 Å². The number of likely N-dealkylation sites (tertiary alicyclic amines) is 1. The standard InChI is InChI=1S/C20H23N3O2S/c1-2-9-23-17-6-4-3-5-14(17)12-18(23)19-21-16(13-26-19)20(25)22-10-7-15(24)8-11-22/h3-6,12-13,15,24H,2,7-11H2,1H3. The summed E-state index contributed by atoms with van der Waals surface area (Å²) in [5, 5.41) is 13.6. The number of carbonyl (C=O) groups is 1. The first-order valence-corrected chi connectivity index (χ1v) is 10.1. The quantitative estimate of drug-likeness (QED) is 0.761. The van der Waals surface area contributed by atoms with Gasteiger partial charge in [0, 0.05) is 35.9 Å². The van der Waals surface area contributed by atoms with Gasteiger partial charge in [-0.2, -0.15) is 0 Å². The third kappa shape index (κ3) is 3.15. The summed E-state index contributed by atoms with van der Waals surface area (Å²) in [4.78, 5) is 19.2. The van der Waals surface area contributed by atoms with E-state index >= 15 is 0 Å². The molecule has 1 aliphatic rings. The molecule has 1 aliphatic heterocycles. The molecule has 4 rings (SSSR count). The van der Waals surface area contributed by atoms with Crippen molar-refractivity contribution < 1.29 is 9.90 Å². The van der Waals surface area contributed by atoms with Gasteiger partial charge in [0.1, 0.15) is 10.7 Å². The minimum Gasteiger partial charge on any atom is -0.393 e. The largest absolute Gasteiger partial charge is 0.393 e. The Kier molecular flexibility index (Phi) is 4.78. The van der Waals surface area contributed by atoms with Crippen LogP contribution in [0.25, 0.3) is 21.6 Å². The predicted octanol–water partition coefficient (Wildman–Crippen LogP) is 3.77. The van der Waals surface area contributed by atoms with Crippen LogP contribution in [-0.2, 0) is 6.54 Å². The van der Waals surface area contributed by atoms with Crippen LogP contribution in [0.1, 0.15) is 36.7 Å². The fourth-order valence-electron chi connectivity index (χ4n) is 3.57. The van der Waals surface area contributed by atoms with Crippen LogP contribution in [0.5, 0.6) is 0 Å². The van der Waals surface area contributed by atoms with Crippen LogP contribution in [0.3, 0.4) is 0 Å². The number of aliphatic hydroxyl groups excluding tert-OH is 1. The van der Waals surface area contributed by atoms with Gasteiger partial charge in [-0.3, -0.25) is 4.79 Å². The molecule has 3 heterocycles. The van der Waals surface area contributed by atoms with Crippen LogP contribution in [0.15, 0.2) is 35.7 Å². The molecule has 0 atom stereocenters. The SMILES string of the molecule is CCCn1c(-c2nc(C(=O)N3CCC(O)CC3)cs2)cc2ccccc21. The molecule has 6 heteroatoms. The summed E-state index contributed by atoms with van der Waals surface area (Å²) in [5.41, 5.74) is 2.79. The first kappa shape index (κ1) is 17.2. The summed E-state index contributed by atoms with van der Waals surface area (Å²) in [5.74, 6) is -0.0300. The molecule has 0 spiro atoms. The van der Waals surface area contributed by atoms with Crippen molar-refractivity contribution >= 4 is 28.1 Å². The van der Waals surface area contributed by atoms with Crippen LogP contribution < -0.4 is 0 Å². The Balaban J connectivity index is 1.65. The van der Waals surface area contributed by atoms with Crippen LogP contribution in [0.2, 0.25) is 0 Å². The molecule has 0 saturated carbocycles. The van der Waals surface area contributed by atoms with E-state index in [4.69, 9.17) is 0 Å². The maximum atomic E-state index is 12.7. The average molecular weight is 369 g/mol. The minimum atomic E-state index is -0.283.